The maximum atomic E-state index is 8.37. The summed E-state index contributed by atoms with van der Waals surface area (Å²) in [5.41, 5.74) is 4.89. The molecular weight excluding hydrogens is 213 g/mol. The van der Waals surface area contributed by atoms with Crippen molar-refractivity contribution in [3.63, 3.8) is 0 Å². The van der Waals surface area contributed by atoms with Gasteiger partial charge in [-0.1, -0.05) is 0 Å². The summed E-state index contributed by atoms with van der Waals surface area (Å²) in [5, 5.41) is 10.3. The molecule has 1 atom stereocenters. The summed E-state index contributed by atoms with van der Waals surface area (Å²) >= 11 is -0.0472. The second-order valence-electron chi connectivity index (χ2n) is 2.75. The van der Waals surface area contributed by atoms with Crippen LogP contribution >= 0.6 is 0 Å². The van der Waals surface area contributed by atoms with E-state index in [4.69, 9.17) is 5.21 Å². The molecule has 2 nitrogen and oxygen atoms in total. The Morgan fingerprint density at radius 1 is 1.33 bits per heavy atom. The summed E-state index contributed by atoms with van der Waals surface area (Å²) in [6.45, 7) is 2.09. The third-order valence-electron chi connectivity index (χ3n) is 1.65. The van der Waals surface area contributed by atoms with Crippen LogP contribution < -0.4 is 5.48 Å². The first-order chi connectivity index (χ1) is 5.83. The van der Waals surface area contributed by atoms with E-state index in [1.807, 2.05) is 0 Å². The third kappa shape index (κ3) is 3.40. The number of aryl methyl sites for hydroxylation is 1. The molecule has 2 N–H and O–H groups in total. The van der Waals surface area contributed by atoms with Crippen molar-refractivity contribution in [1.29, 1.82) is 0 Å². The Balaban J connectivity index is 2.37. The molecule has 0 heterocycles. The van der Waals surface area contributed by atoms with E-state index in [1.54, 1.807) is 0 Å². The molecule has 0 aliphatic carbocycles. The number of benzene rings is 1. The van der Waals surface area contributed by atoms with Crippen LogP contribution in [0.15, 0.2) is 24.3 Å². The molecule has 1 aromatic rings. The van der Waals surface area contributed by atoms with Gasteiger partial charge in [0, 0.05) is 0 Å². The molecule has 0 saturated carbocycles. The van der Waals surface area contributed by atoms with E-state index in [0.29, 0.717) is 0 Å². The van der Waals surface area contributed by atoms with Gasteiger partial charge in [0.1, 0.15) is 0 Å². The van der Waals surface area contributed by atoms with Gasteiger partial charge in [-0.05, 0) is 0 Å². The molecule has 0 fully saturated rings. The summed E-state index contributed by atoms with van der Waals surface area (Å²) in [5.74, 6) is 0. The second kappa shape index (κ2) is 5.36. The standard InChI is InChI=1S/C9H14AsNO/c1-8-2-4-9(5-3-8)6-10-7-11-12/h2-5,10-12H,6-7H2,1H3. The number of rotatable bonds is 4. The molecule has 1 rings (SSSR count). The Hall–Kier alpha value is -0.302. The molecule has 1 aromatic carbocycles. The Morgan fingerprint density at radius 2 is 2.00 bits per heavy atom. The fourth-order valence-corrected chi connectivity index (χ4v) is 2.57. The number of hydrogen-bond donors (Lipinski definition) is 2. The van der Waals surface area contributed by atoms with Crippen molar-refractivity contribution in [3.05, 3.63) is 35.4 Å². The van der Waals surface area contributed by atoms with Crippen LogP contribution in [0.5, 0.6) is 0 Å². The second-order valence-corrected chi connectivity index (χ2v) is 5.28. The van der Waals surface area contributed by atoms with E-state index in [9.17, 15) is 0 Å². The van der Waals surface area contributed by atoms with E-state index >= 15 is 0 Å². The SMILES string of the molecule is Cc1ccc(C[AsH]CNO)cc1. The van der Waals surface area contributed by atoms with Crippen molar-refractivity contribution in [1.82, 2.24) is 5.48 Å². The summed E-state index contributed by atoms with van der Waals surface area (Å²) in [6.07, 6.45) is 0. The number of hydrogen-bond acceptors (Lipinski definition) is 2. The van der Waals surface area contributed by atoms with Crippen molar-refractivity contribution in [2.75, 3.05) is 5.33 Å². The molecule has 0 aromatic heterocycles. The van der Waals surface area contributed by atoms with Crippen molar-refractivity contribution < 1.29 is 5.21 Å². The van der Waals surface area contributed by atoms with Crippen LogP contribution in [0.3, 0.4) is 0 Å². The van der Waals surface area contributed by atoms with Gasteiger partial charge < -0.3 is 0 Å². The number of hydroxylamine groups is 1. The fourth-order valence-electron chi connectivity index (χ4n) is 0.969. The van der Waals surface area contributed by atoms with Gasteiger partial charge in [-0.25, -0.2) is 0 Å². The van der Waals surface area contributed by atoms with E-state index in [2.05, 4.69) is 36.7 Å². The predicted octanol–water partition coefficient (Wildman–Crippen LogP) is 0.868. The van der Waals surface area contributed by atoms with Gasteiger partial charge in [0.2, 0.25) is 0 Å². The summed E-state index contributed by atoms with van der Waals surface area (Å²) in [4.78, 5) is 0. The van der Waals surface area contributed by atoms with E-state index in [0.717, 1.165) is 10.5 Å². The Kier molecular flexibility index (Phi) is 4.37. The Morgan fingerprint density at radius 3 is 2.58 bits per heavy atom. The Bertz CT molecular complexity index is 222. The molecule has 0 aliphatic heterocycles. The van der Waals surface area contributed by atoms with E-state index in [1.165, 1.54) is 11.1 Å². The summed E-state index contributed by atoms with van der Waals surface area (Å²) < 4.78 is 0. The quantitative estimate of drug-likeness (QED) is 0.454. The first-order valence-electron chi connectivity index (χ1n) is 3.96. The molecule has 0 aliphatic rings. The predicted molar refractivity (Wildman–Crippen MR) is 51.8 cm³/mol. The van der Waals surface area contributed by atoms with Gasteiger partial charge in [0.05, 0.1) is 0 Å². The summed E-state index contributed by atoms with van der Waals surface area (Å²) in [6, 6.07) is 8.59. The van der Waals surface area contributed by atoms with E-state index in [-0.39, 0.29) is 15.8 Å². The van der Waals surface area contributed by atoms with Gasteiger partial charge in [0.25, 0.3) is 0 Å². The zero-order valence-corrected chi connectivity index (χ0v) is 9.27. The van der Waals surface area contributed by atoms with Gasteiger partial charge >= 0.3 is 79.3 Å². The molecule has 12 heavy (non-hydrogen) atoms. The van der Waals surface area contributed by atoms with Crippen molar-refractivity contribution >= 4 is 15.8 Å². The van der Waals surface area contributed by atoms with Crippen molar-refractivity contribution in [2.24, 2.45) is 0 Å². The first-order valence-corrected chi connectivity index (χ1v) is 6.93. The molecule has 1 unspecified atom stereocenters. The minimum atomic E-state index is -0.0472. The molecule has 0 saturated heterocycles. The monoisotopic (exact) mass is 227 g/mol. The molecular formula is C9H14AsNO. The average Bonchev–Trinajstić information content (AvgIpc) is 2.09. The third-order valence-corrected chi connectivity index (χ3v) is 3.89. The van der Waals surface area contributed by atoms with E-state index < -0.39 is 0 Å². The normalized spacial score (nSPS) is 11.2. The van der Waals surface area contributed by atoms with Crippen LogP contribution in [-0.4, -0.2) is 26.3 Å². The fraction of sp³-hybridized carbons (Fsp3) is 0.333. The summed E-state index contributed by atoms with van der Waals surface area (Å²) in [7, 11) is 0. The van der Waals surface area contributed by atoms with Gasteiger partial charge in [-0.2, -0.15) is 0 Å². The molecule has 3 heteroatoms. The van der Waals surface area contributed by atoms with Gasteiger partial charge in [-0.15, -0.1) is 0 Å². The van der Waals surface area contributed by atoms with Crippen LogP contribution in [0.4, 0.5) is 0 Å². The van der Waals surface area contributed by atoms with Crippen LogP contribution in [-0.2, 0) is 5.21 Å². The first kappa shape index (κ1) is 9.78. The minimum absolute atomic E-state index is 0.0472. The van der Waals surface area contributed by atoms with Gasteiger partial charge in [-0.3, -0.25) is 0 Å². The van der Waals surface area contributed by atoms with Crippen molar-refractivity contribution in [3.8, 4) is 0 Å². The van der Waals surface area contributed by atoms with Crippen LogP contribution in [0.2, 0.25) is 0 Å². The van der Waals surface area contributed by atoms with Crippen molar-refractivity contribution in [2.45, 2.75) is 12.1 Å². The van der Waals surface area contributed by atoms with Crippen LogP contribution in [0, 0.1) is 6.92 Å². The molecule has 66 valence electrons. The molecule has 0 bridgehead atoms. The molecule has 0 spiro atoms. The molecule has 0 amide bonds. The maximum absolute atomic E-state index is 8.37. The van der Waals surface area contributed by atoms with Crippen LogP contribution in [0.1, 0.15) is 11.1 Å². The molecule has 0 radical (unpaired) electrons. The van der Waals surface area contributed by atoms with Gasteiger partial charge in [0.15, 0.2) is 0 Å². The zero-order chi connectivity index (χ0) is 8.81. The topological polar surface area (TPSA) is 32.3 Å². The Labute approximate surface area is 79.6 Å². The number of nitrogens with one attached hydrogen (secondary N) is 1. The average molecular weight is 227 g/mol. The zero-order valence-electron chi connectivity index (χ0n) is 7.17. The van der Waals surface area contributed by atoms with Crippen LogP contribution in [0.25, 0.3) is 0 Å².